The summed E-state index contributed by atoms with van der Waals surface area (Å²) in [6.07, 6.45) is 1.35. The van der Waals surface area contributed by atoms with Gasteiger partial charge in [0.2, 0.25) is 0 Å². The molecule has 0 aliphatic carbocycles. The Bertz CT molecular complexity index is 113. The molecule has 1 unspecified atom stereocenters. The van der Waals surface area contributed by atoms with Gasteiger partial charge in [0.05, 0.1) is 13.2 Å². The zero-order chi connectivity index (χ0) is 6.27. The SMILES string of the molecule is CC1CO[C@H]2OCC[C@H]12. The summed E-state index contributed by atoms with van der Waals surface area (Å²) in [5.41, 5.74) is 0. The second kappa shape index (κ2) is 1.96. The maximum absolute atomic E-state index is 5.37. The fourth-order valence-electron chi connectivity index (χ4n) is 1.67. The number of ether oxygens (including phenoxy) is 2. The molecule has 52 valence electrons. The van der Waals surface area contributed by atoms with Crippen LogP contribution in [0.4, 0.5) is 0 Å². The first-order valence-corrected chi connectivity index (χ1v) is 3.61. The van der Waals surface area contributed by atoms with Crippen molar-refractivity contribution in [1.82, 2.24) is 0 Å². The van der Waals surface area contributed by atoms with Crippen LogP contribution >= 0.6 is 0 Å². The quantitative estimate of drug-likeness (QED) is 0.485. The molecule has 3 atom stereocenters. The highest BCUT2D eigenvalue weighted by atomic mass is 16.7. The van der Waals surface area contributed by atoms with Crippen molar-refractivity contribution in [2.45, 2.75) is 19.6 Å². The molecule has 0 bridgehead atoms. The summed E-state index contributed by atoms with van der Waals surface area (Å²) < 4.78 is 10.7. The van der Waals surface area contributed by atoms with Gasteiger partial charge >= 0.3 is 0 Å². The highest BCUT2D eigenvalue weighted by Crippen LogP contribution is 2.34. The molecule has 0 radical (unpaired) electrons. The molecule has 0 aromatic rings. The van der Waals surface area contributed by atoms with Crippen molar-refractivity contribution in [2.24, 2.45) is 11.8 Å². The standard InChI is InChI=1S/C7H12O2/c1-5-4-9-7-6(5)2-3-8-7/h5-7H,2-4H2,1H3/t5?,6-,7-/m1/s1. The van der Waals surface area contributed by atoms with Gasteiger partial charge in [-0.05, 0) is 12.3 Å². The van der Waals surface area contributed by atoms with E-state index in [1.54, 1.807) is 0 Å². The molecule has 2 fully saturated rings. The van der Waals surface area contributed by atoms with Crippen molar-refractivity contribution >= 4 is 0 Å². The predicted octanol–water partition coefficient (Wildman–Crippen LogP) is 1.02. The maximum Gasteiger partial charge on any atom is 0.160 e. The first-order chi connectivity index (χ1) is 4.38. The average Bonchev–Trinajstić information content (AvgIpc) is 2.35. The van der Waals surface area contributed by atoms with E-state index in [-0.39, 0.29) is 6.29 Å². The molecule has 2 rings (SSSR count). The van der Waals surface area contributed by atoms with Crippen LogP contribution in [-0.4, -0.2) is 19.5 Å². The lowest BCUT2D eigenvalue weighted by Gasteiger charge is -2.07. The third-order valence-electron chi connectivity index (χ3n) is 2.34. The Morgan fingerprint density at radius 2 is 2.22 bits per heavy atom. The van der Waals surface area contributed by atoms with Gasteiger partial charge in [-0.3, -0.25) is 0 Å². The largest absolute Gasteiger partial charge is 0.352 e. The lowest BCUT2D eigenvalue weighted by Crippen LogP contribution is -2.12. The monoisotopic (exact) mass is 128 g/mol. The molecule has 0 amide bonds. The smallest absolute Gasteiger partial charge is 0.160 e. The van der Waals surface area contributed by atoms with Crippen molar-refractivity contribution in [1.29, 1.82) is 0 Å². The third kappa shape index (κ3) is 0.775. The fraction of sp³-hybridized carbons (Fsp3) is 1.00. The molecule has 2 heterocycles. The molecular weight excluding hydrogens is 116 g/mol. The maximum atomic E-state index is 5.37. The zero-order valence-electron chi connectivity index (χ0n) is 5.67. The number of hydrogen-bond acceptors (Lipinski definition) is 2. The van der Waals surface area contributed by atoms with Crippen molar-refractivity contribution in [3.8, 4) is 0 Å². The molecule has 0 spiro atoms. The van der Waals surface area contributed by atoms with Crippen molar-refractivity contribution in [2.75, 3.05) is 13.2 Å². The molecule has 2 aliphatic heterocycles. The van der Waals surface area contributed by atoms with Gasteiger partial charge in [-0.25, -0.2) is 0 Å². The predicted molar refractivity (Wildman–Crippen MR) is 33.0 cm³/mol. The minimum Gasteiger partial charge on any atom is -0.352 e. The van der Waals surface area contributed by atoms with Crippen LogP contribution in [0.3, 0.4) is 0 Å². The van der Waals surface area contributed by atoms with Crippen molar-refractivity contribution < 1.29 is 9.47 Å². The Labute approximate surface area is 55.1 Å². The van der Waals surface area contributed by atoms with E-state index in [2.05, 4.69) is 6.92 Å². The summed E-state index contributed by atoms with van der Waals surface area (Å²) in [7, 11) is 0. The molecule has 2 heteroatoms. The van der Waals surface area contributed by atoms with Crippen molar-refractivity contribution in [3.05, 3.63) is 0 Å². The van der Waals surface area contributed by atoms with Gasteiger partial charge in [0.25, 0.3) is 0 Å². The Morgan fingerprint density at radius 1 is 1.33 bits per heavy atom. The Kier molecular flexibility index (Phi) is 1.24. The van der Waals surface area contributed by atoms with E-state index >= 15 is 0 Å². The second-order valence-corrected chi connectivity index (χ2v) is 3.00. The van der Waals surface area contributed by atoms with Crippen LogP contribution in [-0.2, 0) is 9.47 Å². The first kappa shape index (κ1) is 5.69. The molecule has 0 saturated carbocycles. The minimum absolute atomic E-state index is 0.153. The van der Waals surface area contributed by atoms with Crippen LogP contribution in [0.1, 0.15) is 13.3 Å². The lowest BCUT2D eigenvalue weighted by atomic mass is 9.96. The second-order valence-electron chi connectivity index (χ2n) is 3.00. The third-order valence-corrected chi connectivity index (χ3v) is 2.34. The molecular formula is C7H12O2. The van der Waals surface area contributed by atoms with Crippen molar-refractivity contribution in [3.63, 3.8) is 0 Å². The molecule has 9 heavy (non-hydrogen) atoms. The van der Waals surface area contributed by atoms with Crippen LogP contribution < -0.4 is 0 Å². The zero-order valence-corrected chi connectivity index (χ0v) is 5.67. The van der Waals surface area contributed by atoms with Crippen LogP contribution in [0.2, 0.25) is 0 Å². The van der Waals surface area contributed by atoms with Gasteiger partial charge in [-0.2, -0.15) is 0 Å². The Hall–Kier alpha value is -0.0800. The highest BCUT2D eigenvalue weighted by Gasteiger charge is 2.38. The molecule has 0 aromatic heterocycles. The van der Waals surface area contributed by atoms with Crippen LogP contribution in [0.25, 0.3) is 0 Å². The Balaban J connectivity index is 2.07. The molecule has 2 nitrogen and oxygen atoms in total. The normalized spacial score (nSPS) is 49.7. The van der Waals surface area contributed by atoms with Gasteiger partial charge in [0, 0.05) is 5.92 Å². The fourth-order valence-corrected chi connectivity index (χ4v) is 1.67. The molecule has 2 saturated heterocycles. The summed E-state index contributed by atoms with van der Waals surface area (Å²) in [6.45, 7) is 4.04. The van der Waals surface area contributed by atoms with E-state index in [4.69, 9.17) is 9.47 Å². The number of fused-ring (bicyclic) bond motifs is 1. The van der Waals surface area contributed by atoms with Gasteiger partial charge in [-0.1, -0.05) is 6.92 Å². The van der Waals surface area contributed by atoms with E-state index < -0.39 is 0 Å². The minimum atomic E-state index is 0.153. The first-order valence-electron chi connectivity index (χ1n) is 3.61. The molecule has 0 aromatic carbocycles. The van der Waals surface area contributed by atoms with Crippen LogP contribution in [0.5, 0.6) is 0 Å². The lowest BCUT2D eigenvalue weighted by molar-refractivity contribution is -0.0905. The van der Waals surface area contributed by atoms with Crippen LogP contribution in [0, 0.1) is 11.8 Å². The van der Waals surface area contributed by atoms with E-state index in [9.17, 15) is 0 Å². The molecule has 0 N–H and O–H groups in total. The van der Waals surface area contributed by atoms with E-state index in [1.807, 2.05) is 0 Å². The summed E-state index contributed by atoms with van der Waals surface area (Å²) in [6, 6.07) is 0. The topological polar surface area (TPSA) is 18.5 Å². The number of rotatable bonds is 0. The summed E-state index contributed by atoms with van der Waals surface area (Å²) in [5.74, 6) is 1.42. The highest BCUT2D eigenvalue weighted by molar-refractivity contribution is 4.79. The summed E-state index contributed by atoms with van der Waals surface area (Å²) in [4.78, 5) is 0. The Morgan fingerprint density at radius 3 is 3.00 bits per heavy atom. The summed E-state index contributed by atoms with van der Waals surface area (Å²) >= 11 is 0. The van der Waals surface area contributed by atoms with Gasteiger partial charge < -0.3 is 9.47 Å². The van der Waals surface area contributed by atoms with E-state index in [1.165, 1.54) is 6.42 Å². The van der Waals surface area contributed by atoms with Gasteiger partial charge in [0.15, 0.2) is 6.29 Å². The summed E-state index contributed by atoms with van der Waals surface area (Å²) in [5, 5.41) is 0. The van der Waals surface area contributed by atoms with Gasteiger partial charge in [-0.15, -0.1) is 0 Å². The molecule has 2 aliphatic rings. The van der Waals surface area contributed by atoms with Crippen LogP contribution in [0.15, 0.2) is 0 Å². The van der Waals surface area contributed by atoms with E-state index in [0.717, 1.165) is 19.1 Å². The van der Waals surface area contributed by atoms with Gasteiger partial charge in [0.1, 0.15) is 0 Å². The number of hydrogen-bond donors (Lipinski definition) is 0. The average molecular weight is 128 g/mol. The van der Waals surface area contributed by atoms with E-state index in [0.29, 0.717) is 5.92 Å².